The summed E-state index contributed by atoms with van der Waals surface area (Å²) in [5.74, 6) is 0.164. The molecule has 0 saturated carbocycles. The summed E-state index contributed by atoms with van der Waals surface area (Å²) in [6.45, 7) is 2.89. The summed E-state index contributed by atoms with van der Waals surface area (Å²) < 4.78 is 11.8. The van der Waals surface area contributed by atoms with E-state index < -0.39 is 11.3 Å². The number of carbonyl (C=O) groups is 1. The van der Waals surface area contributed by atoms with Crippen LogP contribution >= 0.6 is 0 Å². The monoisotopic (exact) mass is 303 g/mol. The Morgan fingerprint density at radius 1 is 1.18 bits per heavy atom. The van der Waals surface area contributed by atoms with Gasteiger partial charge >= 0.3 is 0 Å². The molecule has 1 N–H and O–H groups in total. The van der Waals surface area contributed by atoms with Gasteiger partial charge in [0, 0.05) is 17.8 Å². The molecule has 0 saturated heterocycles. The van der Waals surface area contributed by atoms with E-state index >= 15 is 0 Å². The second-order valence-electron chi connectivity index (χ2n) is 4.78. The molecule has 0 unspecified atom stereocenters. The van der Waals surface area contributed by atoms with Crippen LogP contribution in [-0.4, -0.2) is 29.7 Å². The average Bonchev–Trinajstić information content (AvgIpc) is 2.46. The first-order valence-corrected chi connectivity index (χ1v) is 6.59. The largest absolute Gasteiger partial charge is 0.507 e. The highest BCUT2D eigenvalue weighted by Crippen LogP contribution is 2.28. The van der Waals surface area contributed by atoms with Gasteiger partial charge in [-0.15, -0.1) is 0 Å². The Hall–Kier alpha value is -2.76. The fourth-order valence-corrected chi connectivity index (χ4v) is 2.32. The van der Waals surface area contributed by atoms with Gasteiger partial charge in [-0.1, -0.05) is 0 Å². The number of aromatic nitrogens is 1. The fraction of sp³-hybridized carbons (Fsp3) is 0.250. The highest BCUT2D eigenvalue weighted by Gasteiger charge is 2.19. The van der Waals surface area contributed by atoms with Crippen molar-refractivity contribution in [3.63, 3.8) is 0 Å². The molecule has 116 valence electrons. The number of ketones is 1. The summed E-state index contributed by atoms with van der Waals surface area (Å²) in [7, 11) is 3.00. The van der Waals surface area contributed by atoms with E-state index in [0.29, 0.717) is 22.9 Å². The predicted octanol–water partition coefficient (Wildman–Crippen LogP) is 2.07. The van der Waals surface area contributed by atoms with Crippen LogP contribution in [-0.2, 0) is 0 Å². The smallest absolute Gasteiger partial charge is 0.270 e. The van der Waals surface area contributed by atoms with E-state index in [1.807, 2.05) is 0 Å². The van der Waals surface area contributed by atoms with Crippen LogP contribution in [0, 0.1) is 6.92 Å². The molecule has 1 heterocycles. The number of benzene rings is 1. The number of hydrogen-bond acceptors (Lipinski definition) is 5. The first-order chi connectivity index (χ1) is 10.4. The van der Waals surface area contributed by atoms with E-state index in [1.54, 1.807) is 25.1 Å². The number of aryl methyl sites for hydroxylation is 1. The van der Waals surface area contributed by atoms with Crippen molar-refractivity contribution in [1.29, 1.82) is 0 Å². The maximum atomic E-state index is 12.6. The van der Waals surface area contributed by atoms with Gasteiger partial charge in [-0.3, -0.25) is 14.2 Å². The molecule has 1 aromatic carbocycles. The first kappa shape index (κ1) is 15.6. The lowest BCUT2D eigenvalue weighted by Crippen LogP contribution is -2.26. The van der Waals surface area contributed by atoms with Crippen molar-refractivity contribution < 1.29 is 19.4 Å². The van der Waals surface area contributed by atoms with Crippen LogP contribution in [0.1, 0.15) is 23.0 Å². The summed E-state index contributed by atoms with van der Waals surface area (Å²) in [5.41, 5.74) is 0.0536. The Morgan fingerprint density at radius 3 is 2.41 bits per heavy atom. The van der Waals surface area contributed by atoms with Crippen molar-refractivity contribution in [2.75, 3.05) is 14.2 Å². The molecule has 2 rings (SSSR count). The van der Waals surface area contributed by atoms with Crippen molar-refractivity contribution in [1.82, 2.24) is 4.57 Å². The van der Waals surface area contributed by atoms with Crippen LogP contribution in [0.2, 0.25) is 0 Å². The molecule has 6 heteroatoms. The zero-order valence-corrected chi connectivity index (χ0v) is 12.8. The SMILES string of the molecule is COc1ccc(OC)c(-n2c(C)cc(O)c(C(C)=O)c2=O)c1. The Labute approximate surface area is 127 Å². The molecule has 0 aliphatic carbocycles. The molecular formula is C16H17NO5. The lowest BCUT2D eigenvalue weighted by atomic mass is 10.1. The Morgan fingerprint density at radius 2 is 1.86 bits per heavy atom. The lowest BCUT2D eigenvalue weighted by Gasteiger charge is -2.16. The van der Waals surface area contributed by atoms with Gasteiger partial charge in [0.2, 0.25) is 0 Å². The van der Waals surface area contributed by atoms with Gasteiger partial charge < -0.3 is 14.6 Å². The third-order valence-electron chi connectivity index (χ3n) is 3.35. The highest BCUT2D eigenvalue weighted by atomic mass is 16.5. The molecule has 0 fully saturated rings. The number of aromatic hydroxyl groups is 1. The molecule has 0 amide bonds. The van der Waals surface area contributed by atoms with Gasteiger partial charge in [-0.25, -0.2) is 0 Å². The number of ether oxygens (including phenoxy) is 2. The van der Waals surface area contributed by atoms with Crippen molar-refractivity contribution in [3.05, 3.63) is 45.9 Å². The topological polar surface area (TPSA) is 77.8 Å². The van der Waals surface area contributed by atoms with Gasteiger partial charge in [0.1, 0.15) is 22.8 Å². The highest BCUT2D eigenvalue weighted by molar-refractivity contribution is 5.96. The fourth-order valence-electron chi connectivity index (χ4n) is 2.32. The Bertz CT molecular complexity index is 792. The number of carbonyl (C=O) groups excluding carboxylic acids is 1. The Kier molecular flexibility index (Phi) is 4.21. The van der Waals surface area contributed by atoms with Gasteiger partial charge in [-0.2, -0.15) is 0 Å². The maximum absolute atomic E-state index is 12.6. The van der Waals surface area contributed by atoms with Gasteiger partial charge in [0.15, 0.2) is 5.78 Å². The molecule has 0 spiro atoms. The number of pyridine rings is 1. The number of methoxy groups -OCH3 is 2. The lowest BCUT2D eigenvalue weighted by molar-refractivity contribution is 0.101. The van der Waals surface area contributed by atoms with Crippen LogP contribution in [0.4, 0.5) is 0 Å². The minimum absolute atomic E-state index is 0.254. The van der Waals surface area contributed by atoms with E-state index in [9.17, 15) is 14.7 Å². The molecule has 0 radical (unpaired) electrons. The predicted molar refractivity (Wildman–Crippen MR) is 81.5 cm³/mol. The van der Waals surface area contributed by atoms with Crippen LogP contribution in [0.25, 0.3) is 5.69 Å². The summed E-state index contributed by atoms with van der Waals surface area (Å²) in [5, 5.41) is 9.85. The summed E-state index contributed by atoms with van der Waals surface area (Å²) in [4.78, 5) is 24.2. The van der Waals surface area contributed by atoms with Gasteiger partial charge in [-0.05, 0) is 26.0 Å². The normalized spacial score (nSPS) is 10.4. The second-order valence-corrected chi connectivity index (χ2v) is 4.78. The van der Waals surface area contributed by atoms with Crippen LogP contribution in [0.5, 0.6) is 17.2 Å². The third kappa shape index (κ3) is 2.55. The molecule has 0 atom stereocenters. The minimum atomic E-state index is -0.600. The standard InChI is InChI=1S/C16H17NO5/c1-9-7-13(19)15(10(2)18)16(20)17(9)12-8-11(21-3)5-6-14(12)22-4/h5-8,19H,1-4H3. The Balaban J connectivity index is 2.86. The van der Waals surface area contributed by atoms with Crippen LogP contribution in [0.15, 0.2) is 29.1 Å². The molecule has 2 aromatic rings. The molecule has 6 nitrogen and oxygen atoms in total. The molecule has 1 aromatic heterocycles. The summed E-state index contributed by atoms with van der Waals surface area (Å²) in [6.07, 6.45) is 0. The van der Waals surface area contributed by atoms with Crippen molar-refractivity contribution in [3.8, 4) is 22.9 Å². The van der Waals surface area contributed by atoms with Crippen LogP contribution < -0.4 is 15.0 Å². The van der Waals surface area contributed by atoms with Crippen molar-refractivity contribution in [2.24, 2.45) is 0 Å². The summed E-state index contributed by atoms with van der Waals surface area (Å²) >= 11 is 0. The number of hydrogen-bond donors (Lipinski definition) is 1. The molecule has 0 aliphatic heterocycles. The van der Waals surface area contributed by atoms with E-state index in [0.717, 1.165) is 0 Å². The number of nitrogens with zero attached hydrogens (tertiary/aromatic N) is 1. The minimum Gasteiger partial charge on any atom is -0.507 e. The van der Waals surface area contributed by atoms with E-state index in [4.69, 9.17) is 9.47 Å². The van der Waals surface area contributed by atoms with E-state index in [2.05, 4.69) is 0 Å². The van der Waals surface area contributed by atoms with Crippen molar-refractivity contribution >= 4 is 5.78 Å². The zero-order chi connectivity index (χ0) is 16.4. The molecule has 22 heavy (non-hydrogen) atoms. The average molecular weight is 303 g/mol. The third-order valence-corrected chi connectivity index (χ3v) is 3.35. The van der Waals surface area contributed by atoms with Crippen LogP contribution in [0.3, 0.4) is 0 Å². The molecular weight excluding hydrogens is 286 g/mol. The van der Waals surface area contributed by atoms with Gasteiger partial charge in [0.25, 0.3) is 5.56 Å². The summed E-state index contributed by atoms with van der Waals surface area (Å²) in [6, 6.07) is 6.38. The van der Waals surface area contributed by atoms with Crippen molar-refractivity contribution in [2.45, 2.75) is 13.8 Å². The molecule has 0 bridgehead atoms. The number of Topliss-reactive ketones (excluding diaryl/α,β-unsaturated/α-hetero) is 1. The quantitative estimate of drug-likeness (QED) is 0.875. The second kappa shape index (κ2) is 5.93. The first-order valence-electron chi connectivity index (χ1n) is 6.59. The zero-order valence-electron chi connectivity index (χ0n) is 12.8. The van der Waals surface area contributed by atoms with Gasteiger partial charge in [0.05, 0.1) is 19.9 Å². The molecule has 0 aliphatic rings. The number of rotatable bonds is 4. The van der Waals surface area contributed by atoms with E-state index in [-0.39, 0.29) is 11.3 Å². The van der Waals surface area contributed by atoms with E-state index in [1.165, 1.54) is 31.8 Å². The maximum Gasteiger partial charge on any atom is 0.270 e.